The van der Waals surface area contributed by atoms with Crippen molar-refractivity contribution < 1.29 is 9.53 Å². The largest absolute Gasteiger partial charge is 0.486 e. The van der Waals surface area contributed by atoms with Crippen molar-refractivity contribution in [3.63, 3.8) is 0 Å². The van der Waals surface area contributed by atoms with E-state index in [1.165, 1.54) is 6.92 Å². The molecule has 0 aliphatic rings. The second-order valence-electron chi connectivity index (χ2n) is 3.38. The number of Topliss-reactive ketones (excluding diaryl/α,β-unsaturated/α-hetero) is 1. The molecule has 0 aromatic heterocycles. The highest BCUT2D eigenvalue weighted by Gasteiger charge is 2.06. The lowest BCUT2D eigenvalue weighted by molar-refractivity contribution is 0.101. The summed E-state index contributed by atoms with van der Waals surface area (Å²) in [7, 11) is 0. The molecular weight excluding hydrogens is 261 g/mol. The SMILES string of the molecule is CC(=O)c1ccc(OC/C(Cl)=C\CN)c(Cl)c1. The second-order valence-corrected chi connectivity index (χ2v) is 4.27. The van der Waals surface area contributed by atoms with Gasteiger partial charge in [-0.05, 0) is 25.1 Å². The minimum absolute atomic E-state index is 0.0421. The molecule has 0 unspecified atom stereocenters. The van der Waals surface area contributed by atoms with E-state index in [1.807, 2.05) is 0 Å². The van der Waals surface area contributed by atoms with E-state index >= 15 is 0 Å². The van der Waals surface area contributed by atoms with Crippen LogP contribution in [0.1, 0.15) is 17.3 Å². The summed E-state index contributed by atoms with van der Waals surface area (Å²) in [6, 6.07) is 4.87. The molecule has 0 radical (unpaired) electrons. The Kier molecular flexibility index (Phi) is 5.48. The van der Waals surface area contributed by atoms with Gasteiger partial charge in [0.25, 0.3) is 0 Å². The molecule has 0 saturated carbocycles. The monoisotopic (exact) mass is 273 g/mol. The van der Waals surface area contributed by atoms with Crippen LogP contribution in [-0.2, 0) is 0 Å². The number of hydrogen-bond donors (Lipinski definition) is 1. The average Bonchev–Trinajstić information content (AvgIpc) is 2.27. The Labute approximate surface area is 110 Å². The molecule has 1 aromatic rings. The molecule has 0 bridgehead atoms. The van der Waals surface area contributed by atoms with E-state index in [4.69, 9.17) is 33.7 Å². The third-order valence-electron chi connectivity index (χ3n) is 2.04. The summed E-state index contributed by atoms with van der Waals surface area (Å²) in [5.74, 6) is 0.444. The summed E-state index contributed by atoms with van der Waals surface area (Å²) in [5.41, 5.74) is 5.85. The molecule has 0 spiro atoms. The summed E-state index contributed by atoms with van der Waals surface area (Å²) < 4.78 is 5.39. The highest BCUT2D eigenvalue weighted by atomic mass is 35.5. The van der Waals surface area contributed by atoms with E-state index in [0.29, 0.717) is 27.9 Å². The third-order valence-corrected chi connectivity index (χ3v) is 2.60. The molecule has 3 nitrogen and oxygen atoms in total. The number of benzene rings is 1. The molecule has 0 saturated heterocycles. The van der Waals surface area contributed by atoms with Crippen LogP contribution >= 0.6 is 23.2 Å². The molecule has 0 amide bonds. The van der Waals surface area contributed by atoms with Gasteiger partial charge in [-0.15, -0.1) is 0 Å². The Balaban J connectivity index is 2.73. The number of hydrogen-bond acceptors (Lipinski definition) is 3. The second kappa shape index (κ2) is 6.64. The number of rotatable bonds is 5. The zero-order chi connectivity index (χ0) is 12.8. The van der Waals surface area contributed by atoms with E-state index < -0.39 is 0 Å². The lowest BCUT2D eigenvalue weighted by Gasteiger charge is -2.08. The van der Waals surface area contributed by atoms with E-state index in [-0.39, 0.29) is 12.4 Å². The van der Waals surface area contributed by atoms with Crippen molar-refractivity contribution >= 4 is 29.0 Å². The van der Waals surface area contributed by atoms with Gasteiger partial charge in [0.2, 0.25) is 0 Å². The Morgan fingerprint density at radius 1 is 1.53 bits per heavy atom. The van der Waals surface area contributed by atoms with Crippen LogP contribution in [0.4, 0.5) is 0 Å². The maximum absolute atomic E-state index is 11.1. The van der Waals surface area contributed by atoms with Crippen LogP contribution in [0.25, 0.3) is 0 Å². The summed E-state index contributed by atoms with van der Waals surface area (Å²) in [6.07, 6.45) is 1.65. The normalized spacial score (nSPS) is 11.4. The minimum atomic E-state index is -0.0421. The van der Waals surface area contributed by atoms with Gasteiger partial charge in [-0.1, -0.05) is 29.3 Å². The fraction of sp³-hybridized carbons (Fsp3) is 0.250. The number of carbonyl (C=O) groups is 1. The molecular formula is C12H13Cl2NO2. The van der Waals surface area contributed by atoms with Gasteiger partial charge >= 0.3 is 0 Å². The first-order valence-corrected chi connectivity index (χ1v) is 5.78. The van der Waals surface area contributed by atoms with Gasteiger partial charge in [0.05, 0.1) is 10.1 Å². The Hall–Kier alpha value is -1.03. The smallest absolute Gasteiger partial charge is 0.159 e. The number of halogens is 2. The minimum Gasteiger partial charge on any atom is -0.486 e. The zero-order valence-corrected chi connectivity index (χ0v) is 10.9. The van der Waals surface area contributed by atoms with Crippen molar-refractivity contribution in [1.29, 1.82) is 0 Å². The van der Waals surface area contributed by atoms with Crippen molar-refractivity contribution in [2.45, 2.75) is 6.92 Å². The number of nitrogens with two attached hydrogens (primary N) is 1. The first-order chi connectivity index (χ1) is 8.04. The lowest BCUT2D eigenvalue weighted by atomic mass is 10.1. The van der Waals surface area contributed by atoms with Crippen LogP contribution < -0.4 is 10.5 Å². The highest BCUT2D eigenvalue weighted by Crippen LogP contribution is 2.26. The van der Waals surface area contributed by atoms with Gasteiger partial charge in [-0.3, -0.25) is 4.79 Å². The summed E-state index contributed by atoms with van der Waals surface area (Å²) in [5, 5.41) is 0.897. The Bertz CT molecular complexity index is 444. The van der Waals surface area contributed by atoms with Gasteiger partial charge < -0.3 is 10.5 Å². The molecule has 0 aliphatic heterocycles. The molecule has 0 aliphatic carbocycles. The summed E-state index contributed by atoms with van der Waals surface area (Å²) in [4.78, 5) is 11.1. The van der Waals surface area contributed by atoms with Gasteiger partial charge in [0, 0.05) is 12.1 Å². The van der Waals surface area contributed by atoms with E-state index in [0.717, 1.165) is 0 Å². The zero-order valence-electron chi connectivity index (χ0n) is 9.37. The molecule has 0 heterocycles. The van der Waals surface area contributed by atoms with Crippen molar-refractivity contribution in [2.75, 3.05) is 13.2 Å². The van der Waals surface area contributed by atoms with E-state index in [9.17, 15) is 4.79 Å². The number of carbonyl (C=O) groups excluding carboxylic acids is 1. The maximum Gasteiger partial charge on any atom is 0.159 e. The fourth-order valence-electron chi connectivity index (χ4n) is 1.17. The Morgan fingerprint density at radius 3 is 2.76 bits per heavy atom. The van der Waals surface area contributed by atoms with Crippen molar-refractivity contribution in [1.82, 2.24) is 0 Å². The summed E-state index contributed by atoms with van der Waals surface area (Å²) >= 11 is 11.8. The molecule has 1 aromatic carbocycles. The molecule has 92 valence electrons. The van der Waals surface area contributed by atoms with Gasteiger partial charge in [0.1, 0.15) is 12.4 Å². The van der Waals surface area contributed by atoms with Crippen LogP contribution in [0.5, 0.6) is 5.75 Å². The predicted molar refractivity (Wildman–Crippen MR) is 69.9 cm³/mol. The van der Waals surface area contributed by atoms with E-state index in [2.05, 4.69) is 0 Å². The lowest BCUT2D eigenvalue weighted by Crippen LogP contribution is -2.02. The molecule has 2 N–H and O–H groups in total. The van der Waals surface area contributed by atoms with Crippen LogP contribution in [-0.4, -0.2) is 18.9 Å². The van der Waals surface area contributed by atoms with Crippen molar-refractivity contribution in [2.24, 2.45) is 5.73 Å². The molecule has 0 fully saturated rings. The van der Waals surface area contributed by atoms with Crippen LogP contribution in [0, 0.1) is 0 Å². The predicted octanol–water partition coefficient (Wildman–Crippen LogP) is 3.00. The van der Waals surface area contributed by atoms with Crippen LogP contribution in [0.15, 0.2) is 29.3 Å². The maximum atomic E-state index is 11.1. The van der Waals surface area contributed by atoms with Crippen molar-refractivity contribution in [3.8, 4) is 5.75 Å². The van der Waals surface area contributed by atoms with Crippen molar-refractivity contribution in [3.05, 3.63) is 39.9 Å². The molecule has 1 rings (SSSR count). The average molecular weight is 274 g/mol. The number of ketones is 1. The topological polar surface area (TPSA) is 52.3 Å². The first kappa shape index (κ1) is 14.0. The quantitative estimate of drug-likeness (QED) is 0.840. The number of ether oxygens (including phenoxy) is 1. The molecule has 17 heavy (non-hydrogen) atoms. The van der Waals surface area contributed by atoms with Gasteiger partial charge in [-0.2, -0.15) is 0 Å². The fourth-order valence-corrected chi connectivity index (χ4v) is 1.55. The van der Waals surface area contributed by atoms with Crippen LogP contribution in [0.3, 0.4) is 0 Å². The van der Waals surface area contributed by atoms with Crippen LogP contribution in [0.2, 0.25) is 5.02 Å². The molecule has 0 atom stereocenters. The first-order valence-electron chi connectivity index (χ1n) is 5.02. The Morgan fingerprint density at radius 2 is 2.24 bits per heavy atom. The van der Waals surface area contributed by atoms with Gasteiger partial charge in [0.15, 0.2) is 5.78 Å². The third kappa shape index (κ3) is 4.38. The van der Waals surface area contributed by atoms with Gasteiger partial charge in [-0.25, -0.2) is 0 Å². The highest BCUT2D eigenvalue weighted by molar-refractivity contribution is 6.32. The summed E-state index contributed by atoms with van der Waals surface area (Å²) in [6.45, 7) is 2.05. The van der Waals surface area contributed by atoms with E-state index in [1.54, 1.807) is 24.3 Å². The standard InChI is InChI=1S/C12H13Cl2NO2/c1-8(16)9-2-3-12(11(14)6-9)17-7-10(13)4-5-15/h2-4,6H,5,7,15H2,1H3/b10-4+. The molecule has 5 heteroatoms.